The minimum atomic E-state index is -2.50. The molecule has 0 amide bonds. The Labute approximate surface area is 122 Å². The van der Waals surface area contributed by atoms with Crippen molar-refractivity contribution in [3.63, 3.8) is 0 Å². The summed E-state index contributed by atoms with van der Waals surface area (Å²) in [5, 5.41) is 0. The normalized spacial score (nSPS) is 11.8. The fraction of sp³-hybridized carbons (Fsp3) is 0.143. The fourth-order valence-electron chi connectivity index (χ4n) is 0.757. The second-order valence-electron chi connectivity index (χ2n) is 2.09. The van der Waals surface area contributed by atoms with Crippen LogP contribution in [0.15, 0.2) is 30.3 Å². The SMILES string of the molecule is O=S([O-])ONCc1ccccc1.[K+]. The van der Waals surface area contributed by atoms with Gasteiger partial charge in [-0.1, -0.05) is 30.3 Å². The van der Waals surface area contributed by atoms with Crippen LogP contribution >= 0.6 is 0 Å². The van der Waals surface area contributed by atoms with E-state index >= 15 is 0 Å². The molecule has 1 rings (SSSR count). The molecule has 1 aromatic rings. The van der Waals surface area contributed by atoms with E-state index in [4.69, 9.17) is 0 Å². The smallest absolute Gasteiger partial charge is 0.748 e. The summed E-state index contributed by atoms with van der Waals surface area (Å²) in [7, 11) is 0. The molecule has 4 nitrogen and oxygen atoms in total. The number of benzene rings is 1. The summed E-state index contributed by atoms with van der Waals surface area (Å²) in [5.41, 5.74) is 3.25. The maximum absolute atomic E-state index is 9.90. The van der Waals surface area contributed by atoms with Crippen LogP contribution in [0.5, 0.6) is 0 Å². The van der Waals surface area contributed by atoms with Crippen molar-refractivity contribution in [1.29, 1.82) is 0 Å². The van der Waals surface area contributed by atoms with Gasteiger partial charge < -0.3 is 4.55 Å². The minimum Gasteiger partial charge on any atom is -0.748 e. The fourth-order valence-corrected chi connectivity index (χ4v) is 0.912. The molecule has 0 radical (unpaired) electrons. The van der Waals surface area contributed by atoms with Crippen LogP contribution in [0.25, 0.3) is 0 Å². The van der Waals surface area contributed by atoms with Gasteiger partial charge in [-0.3, -0.25) is 0 Å². The zero-order valence-corrected chi connectivity index (χ0v) is 11.2. The average molecular weight is 225 g/mol. The number of hydrogen-bond acceptors (Lipinski definition) is 4. The molecule has 0 saturated heterocycles. The van der Waals surface area contributed by atoms with E-state index in [-0.39, 0.29) is 51.4 Å². The quantitative estimate of drug-likeness (QED) is 0.350. The second-order valence-corrected chi connectivity index (χ2v) is 2.67. The minimum absolute atomic E-state index is 0. The molecule has 0 saturated carbocycles. The Kier molecular flexibility index (Phi) is 8.78. The van der Waals surface area contributed by atoms with Gasteiger partial charge in [0.1, 0.15) is 11.4 Å². The first kappa shape index (κ1) is 13.9. The summed E-state index contributed by atoms with van der Waals surface area (Å²) in [4.78, 5) is 0. The molecule has 1 N–H and O–H groups in total. The van der Waals surface area contributed by atoms with Gasteiger partial charge >= 0.3 is 51.4 Å². The molecular formula is C7H8KNO3S. The van der Waals surface area contributed by atoms with Crippen molar-refractivity contribution >= 4 is 11.4 Å². The van der Waals surface area contributed by atoms with Crippen LogP contribution in [0, 0.1) is 0 Å². The third-order valence-electron chi connectivity index (χ3n) is 1.25. The van der Waals surface area contributed by atoms with Crippen molar-refractivity contribution in [3.8, 4) is 0 Å². The molecular weight excluding hydrogens is 217 g/mol. The molecule has 1 unspecified atom stereocenters. The Balaban J connectivity index is 0.00000144. The van der Waals surface area contributed by atoms with Gasteiger partial charge in [0, 0.05) is 6.54 Å². The summed E-state index contributed by atoms with van der Waals surface area (Å²) >= 11 is -2.50. The van der Waals surface area contributed by atoms with Gasteiger partial charge in [-0.25, -0.2) is 8.49 Å². The molecule has 66 valence electrons. The van der Waals surface area contributed by atoms with Crippen LogP contribution in [0.3, 0.4) is 0 Å². The Bertz CT molecular complexity index is 257. The van der Waals surface area contributed by atoms with Crippen molar-refractivity contribution in [2.24, 2.45) is 0 Å². The van der Waals surface area contributed by atoms with Crippen molar-refractivity contribution in [1.82, 2.24) is 5.48 Å². The predicted octanol–water partition coefficient (Wildman–Crippen LogP) is -2.49. The third-order valence-corrected chi connectivity index (χ3v) is 1.50. The molecule has 0 bridgehead atoms. The first-order valence-electron chi connectivity index (χ1n) is 3.32. The van der Waals surface area contributed by atoms with E-state index in [1.807, 2.05) is 30.3 Å². The van der Waals surface area contributed by atoms with Crippen LogP contribution in [0.2, 0.25) is 0 Å². The van der Waals surface area contributed by atoms with Crippen LogP contribution < -0.4 is 56.9 Å². The van der Waals surface area contributed by atoms with E-state index in [0.29, 0.717) is 6.54 Å². The van der Waals surface area contributed by atoms with Gasteiger partial charge in [-0.05, 0) is 5.56 Å². The molecule has 0 heterocycles. The average Bonchev–Trinajstić information content (AvgIpc) is 2.05. The van der Waals surface area contributed by atoms with Crippen LogP contribution in [0.4, 0.5) is 0 Å². The van der Waals surface area contributed by atoms with E-state index in [0.717, 1.165) is 5.56 Å². The van der Waals surface area contributed by atoms with E-state index in [1.165, 1.54) is 0 Å². The van der Waals surface area contributed by atoms with Gasteiger partial charge in [0.05, 0.1) is 0 Å². The summed E-state index contributed by atoms with van der Waals surface area (Å²) in [6, 6.07) is 9.35. The zero-order valence-electron chi connectivity index (χ0n) is 7.23. The monoisotopic (exact) mass is 225 g/mol. The van der Waals surface area contributed by atoms with Gasteiger partial charge in [0.2, 0.25) is 0 Å². The molecule has 0 aliphatic heterocycles. The number of rotatable bonds is 4. The summed E-state index contributed by atoms with van der Waals surface area (Å²) in [6.45, 7) is 0.370. The maximum atomic E-state index is 9.90. The van der Waals surface area contributed by atoms with Crippen LogP contribution in [-0.4, -0.2) is 8.76 Å². The molecule has 1 atom stereocenters. The van der Waals surface area contributed by atoms with Crippen LogP contribution in [-0.2, 0) is 22.2 Å². The van der Waals surface area contributed by atoms with Gasteiger partial charge in [0.15, 0.2) is 0 Å². The number of nitrogens with one attached hydrogen (secondary N) is 1. The molecule has 0 aliphatic rings. The largest absolute Gasteiger partial charge is 1.00 e. The van der Waals surface area contributed by atoms with Crippen molar-refractivity contribution in [2.45, 2.75) is 6.54 Å². The van der Waals surface area contributed by atoms with Crippen molar-refractivity contribution < 1.29 is 64.4 Å². The molecule has 13 heavy (non-hydrogen) atoms. The van der Waals surface area contributed by atoms with Crippen molar-refractivity contribution in [2.75, 3.05) is 0 Å². The number of hydrogen-bond donors (Lipinski definition) is 1. The van der Waals surface area contributed by atoms with Gasteiger partial charge in [0.25, 0.3) is 0 Å². The zero-order chi connectivity index (χ0) is 8.81. The Morgan fingerprint density at radius 3 is 2.54 bits per heavy atom. The summed E-state index contributed by atoms with van der Waals surface area (Å²) in [5.74, 6) is 0. The number of hydroxylamine groups is 1. The molecule has 1 aromatic carbocycles. The van der Waals surface area contributed by atoms with Crippen LogP contribution in [0.1, 0.15) is 5.56 Å². The first-order valence-corrected chi connectivity index (χ1v) is 4.32. The molecule has 6 heteroatoms. The molecule has 0 spiro atoms. The summed E-state index contributed by atoms with van der Waals surface area (Å²) in [6.07, 6.45) is 0. The van der Waals surface area contributed by atoms with E-state index in [9.17, 15) is 8.76 Å². The standard InChI is InChI=1S/C7H9NO3S.K/c9-12(10)11-8-6-7-4-2-1-3-5-7;/h1-5,8H,6H2,(H,9,10);/q;+1/p-1. The Hall–Kier alpha value is 0.886. The maximum Gasteiger partial charge on any atom is 1.00 e. The molecule has 0 aromatic heterocycles. The predicted molar refractivity (Wildman–Crippen MR) is 43.3 cm³/mol. The Morgan fingerprint density at radius 1 is 1.38 bits per heavy atom. The molecule has 0 fully saturated rings. The Morgan fingerprint density at radius 2 is 2.00 bits per heavy atom. The summed E-state index contributed by atoms with van der Waals surface area (Å²) < 4.78 is 23.9. The van der Waals surface area contributed by atoms with Gasteiger partial charge in [-0.2, -0.15) is 5.48 Å². The first-order chi connectivity index (χ1) is 5.79. The second kappa shape index (κ2) is 8.22. The third kappa shape index (κ3) is 6.89. The molecule has 0 aliphatic carbocycles. The topological polar surface area (TPSA) is 61.4 Å². The van der Waals surface area contributed by atoms with E-state index in [2.05, 4.69) is 9.76 Å². The van der Waals surface area contributed by atoms with E-state index < -0.39 is 11.4 Å². The van der Waals surface area contributed by atoms with Crippen molar-refractivity contribution in [3.05, 3.63) is 35.9 Å². The van der Waals surface area contributed by atoms with Gasteiger partial charge in [-0.15, -0.1) is 0 Å². The van der Waals surface area contributed by atoms with E-state index in [1.54, 1.807) is 0 Å².